The van der Waals surface area contributed by atoms with Crippen LogP contribution < -0.4 is 10.1 Å². The van der Waals surface area contributed by atoms with E-state index in [-0.39, 0.29) is 5.91 Å². The monoisotopic (exact) mass is 323 g/mol. The van der Waals surface area contributed by atoms with E-state index in [9.17, 15) is 4.79 Å². The fourth-order valence-electron chi connectivity index (χ4n) is 2.33. The number of H-pyrrole nitrogens is 1. The lowest BCUT2D eigenvalue weighted by molar-refractivity contribution is 0.0951. The standard InChI is InChI=1S/C19H21N3O2/c1-13(2)11-24-16-6-3-14(4-7-16)10-20-19(23)15-5-8-17-18(9-15)22-12-21-17/h3-9,12-13H,10-11H2,1-2H3,(H,20,23)(H,21,22). The zero-order chi connectivity index (χ0) is 16.9. The lowest BCUT2D eigenvalue weighted by Gasteiger charge is -2.10. The zero-order valence-electron chi connectivity index (χ0n) is 13.9. The molecule has 1 aromatic heterocycles. The molecule has 0 fully saturated rings. The van der Waals surface area contributed by atoms with Gasteiger partial charge < -0.3 is 15.0 Å². The lowest BCUT2D eigenvalue weighted by atomic mass is 10.1. The van der Waals surface area contributed by atoms with Crippen molar-refractivity contribution in [3.05, 3.63) is 59.9 Å². The number of ether oxygens (including phenoxy) is 1. The van der Waals surface area contributed by atoms with Gasteiger partial charge in [0.2, 0.25) is 0 Å². The Kier molecular flexibility index (Phi) is 4.79. The first-order chi connectivity index (χ1) is 11.6. The molecular weight excluding hydrogens is 302 g/mol. The number of nitrogens with zero attached hydrogens (tertiary/aromatic N) is 1. The summed E-state index contributed by atoms with van der Waals surface area (Å²) < 4.78 is 5.65. The lowest BCUT2D eigenvalue weighted by Crippen LogP contribution is -2.22. The van der Waals surface area contributed by atoms with Gasteiger partial charge in [-0.2, -0.15) is 0 Å². The van der Waals surface area contributed by atoms with Crippen LogP contribution in [0.1, 0.15) is 29.8 Å². The third-order valence-corrected chi connectivity index (χ3v) is 3.64. The molecule has 0 aliphatic carbocycles. The van der Waals surface area contributed by atoms with Crippen molar-refractivity contribution in [2.75, 3.05) is 6.61 Å². The van der Waals surface area contributed by atoms with E-state index < -0.39 is 0 Å². The minimum absolute atomic E-state index is 0.105. The molecule has 3 rings (SSSR count). The smallest absolute Gasteiger partial charge is 0.251 e. The van der Waals surface area contributed by atoms with Gasteiger partial charge in [0.15, 0.2) is 0 Å². The second-order valence-corrected chi connectivity index (χ2v) is 6.17. The van der Waals surface area contributed by atoms with Gasteiger partial charge in [-0.3, -0.25) is 4.79 Å². The van der Waals surface area contributed by atoms with E-state index in [0.29, 0.717) is 24.6 Å². The summed E-state index contributed by atoms with van der Waals surface area (Å²) in [5, 5.41) is 2.93. The number of aromatic nitrogens is 2. The minimum Gasteiger partial charge on any atom is -0.493 e. The second kappa shape index (κ2) is 7.17. The highest BCUT2D eigenvalue weighted by molar-refractivity contribution is 5.97. The van der Waals surface area contributed by atoms with E-state index in [1.165, 1.54) is 0 Å². The van der Waals surface area contributed by atoms with Gasteiger partial charge in [-0.1, -0.05) is 26.0 Å². The van der Waals surface area contributed by atoms with Gasteiger partial charge in [0, 0.05) is 12.1 Å². The van der Waals surface area contributed by atoms with Crippen LogP contribution in [-0.4, -0.2) is 22.5 Å². The van der Waals surface area contributed by atoms with Gasteiger partial charge >= 0.3 is 0 Å². The largest absolute Gasteiger partial charge is 0.493 e. The van der Waals surface area contributed by atoms with Crippen molar-refractivity contribution in [2.45, 2.75) is 20.4 Å². The fraction of sp³-hybridized carbons (Fsp3) is 0.263. The number of nitrogens with one attached hydrogen (secondary N) is 2. The van der Waals surface area contributed by atoms with E-state index >= 15 is 0 Å². The Morgan fingerprint density at radius 1 is 1.21 bits per heavy atom. The highest BCUT2D eigenvalue weighted by Gasteiger charge is 2.07. The Bertz CT molecular complexity index is 822. The molecule has 124 valence electrons. The molecule has 0 atom stereocenters. The normalized spacial score (nSPS) is 11.0. The molecule has 2 N–H and O–H groups in total. The van der Waals surface area contributed by atoms with Crippen LogP contribution in [0.4, 0.5) is 0 Å². The number of hydrogen-bond donors (Lipinski definition) is 2. The third-order valence-electron chi connectivity index (χ3n) is 3.64. The molecule has 3 aromatic rings. The van der Waals surface area contributed by atoms with Gasteiger partial charge in [-0.25, -0.2) is 4.98 Å². The summed E-state index contributed by atoms with van der Waals surface area (Å²) >= 11 is 0. The molecule has 0 bridgehead atoms. The Hall–Kier alpha value is -2.82. The maximum absolute atomic E-state index is 12.3. The minimum atomic E-state index is -0.105. The van der Waals surface area contributed by atoms with Crippen molar-refractivity contribution < 1.29 is 9.53 Å². The van der Waals surface area contributed by atoms with Gasteiger partial charge in [-0.15, -0.1) is 0 Å². The highest BCUT2D eigenvalue weighted by Crippen LogP contribution is 2.14. The Labute approximate surface area is 141 Å². The molecule has 0 saturated carbocycles. The fourth-order valence-corrected chi connectivity index (χ4v) is 2.33. The topological polar surface area (TPSA) is 67.0 Å². The van der Waals surface area contributed by atoms with Crippen LogP contribution in [0.25, 0.3) is 11.0 Å². The highest BCUT2D eigenvalue weighted by atomic mass is 16.5. The predicted octanol–water partition coefficient (Wildman–Crippen LogP) is 3.53. The molecule has 0 aliphatic rings. The van der Waals surface area contributed by atoms with Gasteiger partial charge in [0.25, 0.3) is 5.91 Å². The summed E-state index contributed by atoms with van der Waals surface area (Å²) in [4.78, 5) is 19.4. The first-order valence-electron chi connectivity index (χ1n) is 8.05. The van der Waals surface area contributed by atoms with Gasteiger partial charge in [-0.05, 0) is 41.8 Å². The molecule has 5 nitrogen and oxygen atoms in total. The Morgan fingerprint density at radius 3 is 2.75 bits per heavy atom. The number of hydrogen-bond acceptors (Lipinski definition) is 3. The summed E-state index contributed by atoms with van der Waals surface area (Å²) in [5.74, 6) is 1.24. The number of amides is 1. The molecule has 0 saturated heterocycles. The van der Waals surface area contributed by atoms with E-state index in [4.69, 9.17) is 4.74 Å². The molecule has 1 heterocycles. The predicted molar refractivity (Wildman–Crippen MR) is 94.0 cm³/mol. The third kappa shape index (κ3) is 3.93. The van der Waals surface area contributed by atoms with E-state index in [1.807, 2.05) is 30.3 Å². The Morgan fingerprint density at radius 2 is 2.00 bits per heavy atom. The number of carbonyl (C=O) groups is 1. The Balaban J connectivity index is 1.57. The quantitative estimate of drug-likeness (QED) is 0.729. The van der Waals surface area contributed by atoms with Crippen molar-refractivity contribution in [1.29, 1.82) is 0 Å². The number of carbonyl (C=O) groups excluding carboxylic acids is 1. The molecule has 5 heteroatoms. The zero-order valence-corrected chi connectivity index (χ0v) is 13.9. The van der Waals surface area contributed by atoms with Crippen LogP contribution >= 0.6 is 0 Å². The van der Waals surface area contributed by atoms with Crippen LogP contribution in [0.15, 0.2) is 48.8 Å². The molecule has 1 amide bonds. The molecule has 24 heavy (non-hydrogen) atoms. The molecule has 0 aliphatic heterocycles. The van der Waals surface area contributed by atoms with Crippen LogP contribution in [0.2, 0.25) is 0 Å². The van der Waals surface area contributed by atoms with Crippen molar-refractivity contribution in [1.82, 2.24) is 15.3 Å². The number of benzene rings is 2. The average Bonchev–Trinajstić information content (AvgIpc) is 3.06. The van der Waals surface area contributed by atoms with Gasteiger partial charge in [0.05, 0.1) is 24.0 Å². The molecule has 2 aromatic carbocycles. The van der Waals surface area contributed by atoms with E-state index in [1.54, 1.807) is 18.5 Å². The molecule has 0 radical (unpaired) electrons. The van der Waals surface area contributed by atoms with Crippen LogP contribution in [0, 0.1) is 5.92 Å². The SMILES string of the molecule is CC(C)COc1ccc(CNC(=O)c2ccc3nc[nH]c3c2)cc1. The van der Waals surface area contributed by atoms with Crippen LogP contribution in [-0.2, 0) is 6.54 Å². The first-order valence-corrected chi connectivity index (χ1v) is 8.05. The number of fused-ring (bicyclic) bond motifs is 1. The second-order valence-electron chi connectivity index (χ2n) is 6.17. The summed E-state index contributed by atoms with van der Waals surface area (Å²) in [6, 6.07) is 13.2. The van der Waals surface area contributed by atoms with Gasteiger partial charge in [0.1, 0.15) is 5.75 Å². The summed E-state index contributed by atoms with van der Waals surface area (Å²) in [7, 11) is 0. The average molecular weight is 323 g/mol. The maximum Gasteiger partial charge on any atom is 0.251 e. The summed E-state index contributed by atoms with van der Waals surface area (Å²) in [6.45, 7) is 5.41. The number of rotatable bonds is 6. The van der Waals surface area contributed by atoms with Crippen LogP contribution in [0.3, 0.4) is 0 Å². The molecule has 0 spiro atoms. The van der Waals surface area contributed by atoms with E-state index in [2.05, 4.69) is 29.1 Å². The number of imidazole rings is 1. The van der Waals surface area contributed by atoms with Crippen molar-refractivity contribution >= 4 is 16.9 Å². The maximum atomic E-state index is 12.3. The summed E-state index contributed by atoms with van der Waals surface area (Å²) in [5.41, 5.74) is 3.35. The van der Waals surface area contributed by atoms with Crippen molar-refractivity contribution in [3.63, 3.8) is 0 Å². The van der Waals surface area contributed by atoms with Crippen molar-refractivity contribution in [2.24, 2.45) is 5.92 Å². The molecular formula is C19H21N3O2. The first kappa shape index (κ1) is 16.1. The van der Waals surface area contributed by atoms with Crippen molar-refractivity contribution in [3.8, 4) is 5.75 Å². The number of aromatic amines is 1. The summed E-state index contributed by atoms with van der Waals surface area (Å²) in [6.07, 6.45) is 1.62. The molecule has 0 unspecified atom stereocenters. The van der Waals surface area contributed by atoms with Crippen LogP contribution in [0.5, 0.6) is 5.75 Å². The van der Waals surface area contributed by atoms with E-state index in [0.717, 1.165) is 22.3 Å².